The first-order chi connectivity index (χ1) is 11.3. The van der Waals surface area contributed by atoms with Gasteiger partial charge in [-0.2, -0.15) is 5.10 Å². The van der Waals surface area contributed by atoms with E-state index < -0.39 is 5.91 Å². The number of para-hydroxylation sites is 2. The molecule has 0 saturated heterocycles. The molecule has 0 aliphatic rings. The number of hydrogen-bond acceptors (Lipinski definition) is 4. The van der Waals surface area contributed by atoms with Crippen LogP contribution < -0.4 is 16.0 Å². The molecule has 0 radical (unpaired) electrons. The third kappa shape index (κ3) is 3.22. The van der Waals surface area contributed by atoms with Gasteiger partial charge in [0.1, 0.15) is 5.75 Å². The highest BCUT2D eigenvalue weighted by Crippen LogP contribution is 2.31. The number of hydrogen-bond donors (Lipinski definition) is 2. The fourth-order valence-corrected chi connectivity index (χ4v) is 2.27. The Morgan fingerprint density at radius 1 is 1.09 bits per heavy atom. The molecule has 6 heteroatoms. The Morgan fingerprint density at radius 3 is 2.61 bits per heavy atom. The summed E-state index contributed by atoms with van der Waals surface area (Å²) in [5, 5.41) is 4.38. The largest absolute Gasteiger partial charge is 0.483 e. The zero-order chi connectivity index (χ0) is 16.1. The summed E-state index contributed by atoms with van der Waals surface area (Å²) in [4.78, 5) is 11.3. The molecule has 0 spiro atoms. The van der Waals surface area contributed by atoms with E-state index in [0.717, 1.165) is 16.9 Å². The molecule has 1 amide bonds. The number of ether oxygens (including phenoxy) is 1. The lowest BCUT2D eigenvalue weighted by atomic mass is 10.1. The van der Waals surface area contributed by atoms with E-state index in [-0.39, 0.29) is 6.61 Å². The minimum absolute atomic E-state index is 0.146. The molecule has 0 aliphatic carbocycles. The summed E-state index contributed by atoms with van der Waals surface area (Å²) in [5.41, 5.74) is 4.71. The van der Waals surface area contributed by atoms with Crippen LogP contribution in [0.25, 0.3) is 16.9 Å². The van der Waals surface area contributed by atoms with Crippen molar-refractivity contribution in [2.24, 2.45) is 5.84 Å². The quantitative estimate of drug-likeness (QED) is 0.428. The minimum Gasteiger partial charge on any atom is -0.483 e. The predicted octanol–water partition coefficient (Wildman–Crippen LogP) is 1.91. The lowest BCUT2D eigenvalue weighted by molar-refractivity contribution is -0.123. The van der Waals surface area contributed by atoms with Crippen molar-refractivity contribution in [2.45, 2.75) is 0 Å². The second-order valence-electron chi connectivity index (χ2n) is 4.82. The third-order valence-electron chi connectivity index (χ3n) is 3.33. The van der Waals surface area contributed by atoms with Crippen LogP contribution in [0.1, 0.15) is 0 Å². The van der Waals surface area contributed by atoms with E-state index in [2.05, 4.69) is 5.10 Å². The smallest absolute Gasteiger partial charge is 0.271 e. The van der Waals surface area contributed by atoms with Gasteiger partial charge in [0.2, 0.25) is 0 Å². The van der Waals surface area contributed by atoms with Gasteiger partial charge >= 0.3 is 0 Å². The van der Waals surface area contributed by atoms with Crippen LogP contribution in [-0.2, 0) is 4.79 Å². The van der Waals surface area contributed by atoms with Gasteiger partial charge in [-0.1, -0.05) is 30.3 Å². The summed E-state index contributed by atoms with van der Waals surface area (Å²) in [5.74, 6) is 5.27. The molecule has 23 heavy (non-hydrogen) atoms. The maximum Gasteiger partial charge on any atom is 0.271 e. The fourth-order valence-electron chi connectivity index (χ4n) is 2.27. The summed E-state index contributed by atoms with van der Waals surface area (Å²) in [6.07, 6.45) is 1.73. The molecule has 3 N–H and O–H groups in total. The first-order valence-corrected chi connectivity index (χ1v) is 7.10. The Morgan fingerprint density at radius 2 is 1.83 bits per heavy atom. The number of nitrogens with one attached hydrogen (secondary N) is 1. The van der Waals surface area contributed by atoms with Gasteiger partial charge in [-0.3, -0.25) is 10.2 Å². The lowest BCUT2D eigenvalue weighted by Crippen LogP contribution is -2.34. The zero-order valence-electron chi connectivity index (χ0n) is 12.3. The molecule has 1 aromatic heterocycles. The molecule has 6 nitrogen and oxygen atoms in total. The van der Waals surface area contributed by atoms with E-state index >= 15 is 0 Å². The van der Waals surface area contributed by atoms with E-state index in [9.17, 15) is 4.79 Å². The number of hydrazine groups is 1. The molecular weight excluding hydrogens is 292 g/mol. The summed E-state index contributed by atoms with van der Waals surface area (Å²) < 4.78 is 7.40. The molecule has 0 bridgehead atoms. The van der Waals surface area contributed by atoms with Crippen molar-refractivity contribution in [1.82, 2.24) is 15.2 Å². The number of aromatic nitrogens is 2. The van der Waals surface area contributed by atoms with Crippen LogP contribution in [0.15, 0.2) is 66.9 Å². The average molecular weight is 308 g/mol. The van der Waals surface area contributed by atoms with Crippen LogP contribution in [0.5, 0.6) is 5.75 Å². The summed E-state index contributed by atoms with van der Waals surface area (Å²) in [6.45, 7) is -0.146. The highest BCUT2D eigenvalue weighted by Gasteiger charge is 2.13. The van der Waals surface area contributed by atoms with E-state index in [1.165, 1.54) is 0 Å². The van der Waals surface area contributed by atoms with Crippen molar-refractivity contribution in [1.29, 1.82) is 0 Å². The Balaban J connectivity index is 1.97. The second kappa shape index (κ2) is 6.76. The maximum atomic E-state index is 11.3. The Labute approximate surface area is 133 Å². The van der Waals surface area contributed by atoms with Crippen molar-refractivity contribution < 1.29 is 9.53 Å². The van der Waals surface area contributed by atoms with Crippen molar-refractivity contribution in [2.75, 3.05) is 6.61 Å². The number of amides is 1. The van der Waals surface area contributed by atoms with Gasteiger partial charge in [0.05, 0.1) is 17.6 Å². The number of carbonyl (C=O) groups is 1. The molecule has 2 aromatic carbocycles. The van der Waals surface area contributed by atoms with E-state index in [4.69, 9.17) is 10.6 Å². The SMILES string of the molecule is NNC(=O)COc1ccccc1-c1ccnn1-c1ccccc1. The Hall–Kier alpha value is -3.12. The first kappa shape index (κ1) is 14.8. The minimum atomic E-state index is -0.392. The summed E-state index contributed by atoms with van der Waals surface area (Å²) >= 11 is 0. The van der Waals surface area contributed by atoms with Crippen molar-refractivity contribution >= 4 is 5.91 Å². The van der Waals surface area contributed by atoms with Crippen molar-refractivity contribution in [3.8, 4) is 22.7 Å². The van der Waals surface area contributed by atoms with E-state index in [1.54, 1.807) is 6.20 Å². The van der Waals surface area contributed by atoms with Gasteiger partial charge in [-0.05, 0) is 30.3 Å². The van der Waals surface area contributed by atoms with Crippen molar-refractivity contribution in [3.05, 3.63) is 66.9 Å². The number of nitrogens with two attached hydrogens (primary N) is 1. The van der Waals surface area contributed by atoms with E-state index in [1.807, 2.05) is 70.8 Å². The highest BCUT2D eigenvalue weighted by molar-refractivity contribution is 5.77. The average Bonchev–Trinajstić information content (AvgIpc) is 3.10. The van der Waals surface area contributed by atoms with Crippen molar-refractivity contribution in [3.63, 3.8) is 0 Å². The monoisotopic (exact) mass is 308 g/mol. The van der Waals surface area contributed by atoms with Crippen LogP contribution in [0.4, 0.5) is 0 Å². The Bertz CT molecular complexity index is 799. The molecular formula is C17H16N4O2. The number of nitrogens with zero attached hydrogens (tertiary/aromatic N) is 2. The second-order valence-corrected chi connectivity index (χ2v) is 4.82. The van der Waals surface area contributed by atoms with Crippen LogP contribution >= 0.6 is 0 Å². The number of benzene rings is 2. The normalized spacial score (nSPS) is 10.3. The molecule has 0 unspecified atom stereocenters. The fraction of sp³-hybridized carbons (Fsp3) is 0.0588. The van der Waals surface area contributed by atoms with Gasteiger partial charge in [-0.25, -0.2) is 10.5 Å². The van der Waals surface area contributed by atoms with Gasteiger partial charge in [-0.15, -0.1) is 0 Å². The molecule has 0 aliphatic heterocycles. The van der Waals surface area contributed by atoms with Crippen LogP contribution in [0, 0.1) is 0 Å². The van der Waals surface area contributed by atoms with Crippen LogP contribution in [0.2, 0.25) is 0 Å². The summed E-state index contributed by atoms with van der Waals surface area (Å²) in [7, 11) is 0. The number of rotatable bonds is 5. The molecule has 116 valence electrons. The zero-order valence-corrected chi connectivity index (χ0v) is 12.3. The van der Waals surface area contributed by atoms with Gasteiger partial charge < -0.3 is 4.74 Å². The molecule has 3 rings (SSSR count). The van der Waals surface area contributed by atoms with Gasteiger partial charge in [0.15, 0.2) is 6.61 Å². The lowest BCUT2D eigenvalue weighted by Gasteiger charge is -2.12. The molecule has 1 heterocycles. The third-order valence-corrected chi connectivity index (χ3v) is 3.33. The molecule has 0 saturated carbocycles. The summed E-state index contributed by atoms with van der Waals surface area (Å²) in [6, 6.07) is 19.2. The molecule has 3 aromatic rings. The number of carbonyl (C=O) groups excluding carboxylic acids is 1. The first-order valence-electron chi connectivity index (χ1n) is 7.10. The molecule has 0 atom stereocenters. The van der Waals surface area contributed by atoms with Gasteiger partial charge in [0, 0.05) is 5.56 Å². The van der Waals surface area contributed by atoms with Crippen LogP contribution in [0.3, 0.4) is 0 Å². The van der Waals surface area contributed by atoms with E-state index in [0.29, 0.717) is 5.75 Å². The highest BCUT2D eigenvalue weighted by atomic mass is 16.5. The Kier molecular flexibility index (Phi) is 4.35. The van der Waals surface area contributed by atoms with Crippen LogP contribution in [-0.4, -0.2) is 22.3 Å². The molecule has 0 fully saturated rings. The predicted molar refractivity (Wildman–Crippen MR) is 86.8 cm³/mol. The van der Waals surface area contributed by atoms with Gasteiger partial charge in [0.25, 0.3) is 5.91 Å². The standard InChI is InChI=1S/C17H16N4O2/c18-20-17(22)12-23-16-9-5-4-8-14(16)15-10-11-19-21(15)13-6-2-1-3-7-13/h1-11H,12,18H2,(H,20,22). The topological polar surface area (TPSA) is 82.2 Å². The maximum absolute atomic E-state index is 11.3.